The maximum absolute atomic E-state index is 9.73. The van der Waals surface area contributed by atoms with Gasteiger partial charge in [-0.2, -0.15) is 0 Å². The average Bonchev–Trinajstić information content (AvgIpc) is 2.77. The van der Waals surface area contributed by atoms with Crippen LogP contribution in [-0.4, -0.2) is 40.8 Å². The smallest absolute Gasteiger partial charge is 0.129 e. The van der Waals surface area contributed by atoms with Crippen molar-refractivity contribution in [2.24, 2.45) is 17.6 Å². The van der Waals surface area contributed by atoms with Gasteiger partial charge in [-0.25, -0.2) is 4.98 Å². The van der Waals surface area contributed by atoms with Crippen molar-refractivity contribution < 1.29 is 5.11 Å². The molecule has 2 fully saturated rings. The first-order chi connectivity index (χ1) is 14.1. The number of halogens is 1. The monoisotopic (exact) mass is 414 g/mol. The highest BCUT2D eigenvalue weighted by atomic mass is 35.5. The molecule has 0 unspecified atom stereocenters. The highest BCUT2D eigenvalue weighted by molar-refractivity contribution is 6.33. The van der Waals surface area contributed by atoms with E-state index in [0.29, 0.717) is 16.9 Å². The van der Waals surface area contributed by atoms with E-state index in [1.54, 1.807) is 6.20 Å². The zero-order valence-electron chi connectivity index (χ0n) is 16.9. The van der Waals surface area contributed by atoms with E-state index in [1.165, 1.54) is 0 Å². The third-order valence-electron chi connectivity index (χ3n) is 6.51. The third kappa shape index (κ3) is 5.08. The second-order valence-corrected chi connectivity index (χ2v) is 8.99. The predicted octanol–water partition coefficient (Wildman–Crippen LogP) is 4.07. The van der Waals surface area contributed by atoms with Gasteiger partial charge in [0.1, 0.15) is 5.82 Å². The standard InChI is InChI=1S/C23H31ClN4O/c24-21-15-26-18(12-16-4-6-19(29)7-5-16)13-20(21)22-2-1-3-23(27-22)28-10-8-17(14-25)9-11-28/h1-3,13,15-17,19,29H,4-12,14,25H2. The van der Waals surface area contributed by atoms with Crippen LogP contribution < -0.4 is 10.6 Å². The molecule has 0 amide bonds. The van der Waals surface area contributed by atoms with Crippen molar-refractivity contribution in [3.63, 3.8) is 0 Å². The summed E-state index contributed by atoms with van der Waals surface area (Å²) >= 11 is 6.51. The molecule has 0 spiro atoms. The number of nitrogens with two attached hydrogens (primary N) is 1. The summed E-state index contributed by atoms with van der Waals surface area (Å²) in [5.41, 5.74) is 8.73. The molecule has 0 radical (unpaired) electrons. The molecule has 29 heavy (non-hydrogen) atoms. The Balaban J connectivity index is 1.50. The van der Waals surface area contributed by atoms with Crippen molar-refractivity contribution in [3.05, 3.63) is 41.2 Å². The summed E-state index contributed by atoms with van der Waals surface area (Å²) in [4.78, 5) is 11.8. The molecule has 1 aliphatic heterocycles. The van der Waals surface area contributed by atoms with Crippen molar-refractivity contribution in [1.82, 2.24) is 9.97 Å². The normalized spacial score (nSPS) is 23.3. The maximum Gasteiger partial charge on any atom is 0.129 e. The Labute approximate surface area is 178 Å². The van der Waals surface area contributed by atoms with E-state index in [0.717, 1.165) is 87.3 Å². The van der Waals surface area contributed by atoms with Crippen LogP contribution in [0.1, 0.15) is 44.2 Å². The molecule has 3 heterocycles. The Morgan fingerprint density at radius 1 is 1.07 bits per heavy atom. The number of anilines is 1. The maximum atomic E-state index is 9.73. The minimum absolute atomic E-state index is 0.123. The van der Waals surface area contributed by atoms with Gasteiger partial charge >= 0.3 is 0 Å². The third-order valence-corrected chi connectivity index (χ3v) is 6.81. The van der Waals surface area contributed by atoms with Crippen LogP contribution in [0.5, 0.6) is 0 Å². The van der Waals surface area contributed by atoms with E-state index in [2.05, 4.69) is 28.1 Å². The van der Waals surface area contributed by atoms with Gasteiger partial charge in [0.15, 0.2) is 0 Å². The molecule has 156 valence electrons. The molecule has 2 aliphatic rings. The van der Waals surface area contributed by atoms with Gasteiger partial charge < -0.3 is 15.7 Å². The van der Waals surface area contributed by atoms with Crippen molar-refractivity contribution in [3.8, 4) is 11.3 Å². The van der Waals surface area contributed by atoms with E-state index in [4.69, 9.17) is 22.3 Å². The largest absolute Gasteiger partial charge is 0.393 e. The van der Waals surface area contributed by atoms with Gasteiger partial charge in [0.2, 0.25) is 0 Å². The molecule has 6 heteroatoms. The molecule has 4 rings (SSSR count). The zero-order valence-corrected chi connectivity index (χ0v) is 17.7. The number of pyridine rings is 2. The average molecular weight is 415 g/mol. The Hall–Kier alpha value is -1.69. The Morgan fingerprint density at radius 2 is 1.83 bits per heavy atom. The summed E-state index contributed by atoms with van der Waals surface area (Å²) in [7, 11) is 0. The number of piperidine rings is 1. The molecule has 0 bridgehead atoms. The summed E-state index contributed by atoms with van der Waals surface area (Å²) in [6.45, 7) is 2.78. The molecule has 0 atom stereocenters. The van der Waals surface area contributed by atoms with Gasteiger partial charge in [0, 0.05) is 30.5 Å². The molecule has 2 aromatic rings. The fourth-order valence-electron chi connectivity index (χ4n) is 4.58. The molecule has 1 saturated carbocycles. The molecule has 5 nitrogen and oxygen atoms in total. The predicted molar refractivity (Wildman–Crippen MR) is 118 cm³/mol. The molecule has 2 aromatic heterocycles. The molecule has 1 aliphatic carbocycles. The van der Waals surface area contributed by atoms with Gasteiger partial charge in [-0.05, 0) is 81.5 Å². The first-order valence-corrected chi connectivity index (χ1v) is 11.2. The van der Waals surface area contributed by atoms with Crippen LogP contribution in [0.3, 0.4) is 0 Å². The van der Waals surface area contributed by atoms with E-state index in [9.17, 15) is 5.11 Å². The molecule has 1 saturated heterocycles. The number of rotatable bonds is 5. The number of hydrogen-bond donors (Lipinski definition) is 2. The van der Waals surface area contributed by atoms with Gasteiger partial charge in [0.05, 0.1) is 16.8 Å². The highest BCUT2D eigenvalue weighted by Crippen LogP contribution is 2.32. The number of aliphatic hydroxyl groups is 1. The minimum Gasteiger partial charge on any atom is -0.393 e. The number of nitrogens with zero attached hydrogens (tertiary/aromatic N) is 3. The van der Waals surface area contributed by atoms with Crippen molar-refractivity contribution in [2.45, 2.75) is 51.0 Å². The molecule has 0 aromatic carbocycles. The van der Waals surface area contributed by atoms with Crippen LogP contribution in [0.2, 0.25) is 5.02 Å². The lowest BCUT2D eigenvalue weighted by atomic mass is 9.84. The van der Waals surface area contributed by atoms with Crippen molar-refractivity contribution in [2.75, 3.05) is 24.5 Å². The van der Waals surface area contributed by atoms with Crippen LogP contribution in [0.15, 0.2) is 30.5 Å². The second-order valence-electron chi connectivity index (χ2n) is 8.58. The van der Waals surface area contributed by atoms with E-state index >= 15 is 0 Å². The first-order valence-electron chi connectivity index (χ1n) is 10.9. The zero-order chi connectivity index (χ0) is 20.2. The number of aromatic nitrogens is 2. The van der Waals surface area contributed by atoms with Gasteiger partial charge in [-0.1, -0.05) is 17.7 Å². The Morgan fingerprint density at radius 3 is 2.55 bits per heavy atom. The lowest BCUT2D eigenvalue weighted by molar-refractivity contribution is 0.108. The Bertz CT molecular complexity index is 814. The SMILES string of the molecule is NCC1CCN(c2cccc(-c3cc(CC4CCC(O)CC4)ncc3Cl)n2)CC1. The summed E-state index contributed by atoms with van der Waals surface area (Å²) in [5.74, 6) is 2.23. The molecule has 3 N–H and O–H groups in total. The van der Waals surface area contributed by atoms with Crippen LogP contribution in [-0.2, 0) is 6.42 Å². The van der Waals surface area contributed by atoms with Crippen LogP contribution >= 0.6 is 11.6 Å². The Kier molecular flexibility index (Phi) is 6.68. The van der Waals surface area contributed by atoms with Gasteiger partial charge in [-0.15, -0.1) is 0 Å². The van der Waals surface area contributed by atoms with E-state index < -0.39 is 0 Å². The van der Waals surface area contributed by atoms with Crippen LogP contribution in [0.25, 0.3) is 11.3 Å². The fourth-order valence-corrected chi connectivity index (χ4v) is 4.78. The lowest BCUT2D eigenvalue weighted by Crippen LogP contribution is -2.36. The fraction of sp³-hybridized carbons (Fsp3) is 0.565. The van der Waals surface area contributed by atoms with Crippen molar-refractivity contribution >= 4 is 17.4 Å². The second kappa shape index (κ2) is 9.41. The molecular weight excluding hydrogens is 384 g/mol. The van der Waals surface area contributed by atoms with Gasteiger partial charge in [-0.3, -0.25) is 4.98 Å². The number of aliphatic hydroxyl groups excluding tert-OH is 1. The van der Waals surface area contributed by atoms with Crippen LogP contribution in [0.4, 0.5) is 5.82 Å². The summed E-state index contributed by atoms with van der Waals surface area (Å²) in [6, 6.07) is 8.26. The van der Waals surface area contributed by atoms with E-state index in [1.807, 2.05) is 6.07 Å². The topological polar surface area (TPSA) is 75.3 Å². The number of hydrogen-bond acceptors (Lipinski definition) is 5. The summed E-state index contributed by atoms with van der Waals surface area (Å²) < 4.78 is 0. The van der Waals surface area contributed by atoms with E-state index in [-0.39, 0.29) is 6.10 Å². The summed E-state index contributed by atoms with van der Waals surface area (Å²) in [6.07, 6.45) is 8.74. The summed E-state index contributed by atoms with van der Waals surface area (Å²) in [5, 5.41) is 10.4. The quantitative estimate of drug-likeness (QED) is 0.771. The van der Waals surface area contributed by atoms with Crippen molar-refractivity contribution in [1.29, 1.82) is 0 Å². The highest BCUT2D eigenvalue weighted by Gasteiger charge is 2.22. The first kappa shape index (κ1) is 20.6. The minimum atomic E-state index is -0.123. The van der Waals surface area contributed by atoms with Gasteiger partial charge in [0.25, 0.3) is 0 Å². The van der Waals surface area contributed by atoms with Crippen LogP contribution in [0, 0.1) is 11.8 Å². The molecular formula is C23H31ClN4O. The lowest BCUT2D eigenvalue weighted by Gasteiger charge is -2.32.